The van der Waals surface area contributed by atoms with Gasteiger partial charge in [0.2, 0.25) is 0 Å². The van der Waals surface area contributed by atoms with Crippen molar-refractivity contribution < 1.29 is 14.3 Å². The van der Waals surface area contributed by atoms with Gasteiger partial charge in [-0.3, -0.25) is 9.59 Å². The summed E-state index contributed by atoms with van der Waals surface area (Å²) in [7, 11) is 0. The molecule has 3 aromatic rings. The van der Waals surface area contributed by atoms with Crippen LogP contribution >= 0.6 is 22.7 Å². The number of nitrogens with zero attached hydrogens (tertiary/aromatic N) is 1. The van der Waals surface area contributed by atoms with Crippen LogP contribution in [-0.4, -0.2) is 30.0 Å². The Bertz CT molecular complexity index is 922. The first-order valence-electron chi connectivity index (χ1n) is 8.87. The number of carbonyl (C=O) groups is 2. The number of carbonyl (C=O) groups excluding carboxylic acids is 2. The van der Waals surface area contributed by atoms with Crippen LogP contribution in [0, 0.1) is 6.92 Å². The van der Waals surface area contributed by atoms with Crippen LogP contribution in [0.3, 0.4) is 0 Å². The second kappa shape index (κ2) is 10.0. The van der Waals surface area contributed by atoms with Crippen molar-refractivity contribution in [3.63, 3.8) is 0 Å². The van der Waals surface area contributed by atoms with Crippen molar-refractivity contribution in [2.24, 2.45) is 0 Å². The largest absolute Gasteiger partial charge is 0.456 e. The van der Waals surface area contributed by atoms with Crippen LogP contribution in [-0.2, 0) is 14.3 Å². The molecule has 0 saturated carbocycles. The summed E-state index contributed by atoms with van der Waals surface area (Å²) in [6.07, 6.45) is 0.847. The summed E-state index contributed by atoms with van der Waals surface area (Å²) in [6, 6.07) is 13.2. The van der Waals surface area contributed by atoms with Gasteiger partial charge < -0.3 is 15.4 Å². The fraction of sp³-hybridized carbons (Fsp3) is 0.250. The van der Waals surface area contributed by atoms with E-state index in [1.165, 1.54) is 4.88 Å². The summed E-state index contributed by atoms with van der Waals surface area (Å²) >= 11 is 3.26. The summed E-state index contributed by atoms with van der Waals surface area (Å²) in [5, 5.41) is 8.74. The van der Waals surface area contributed by atoms with Crippen LogP contribution in [0.25, 0.3) is 10.6 Å². The molecule has 0 aliphatic carbocycles. The van der Waals surface area contributed by atoms with E-state index in [0.29, 0.717) is 18.7 Å². The summed E-state index contributed by atoms with van der Waals surface area (Å²) in [5.41, 5.74) is 1.64. The molecule has 0 radical (unpaired) electrons. The summed E-state index contributed by atoms with van der Waals surface area (Å²) in [6.45, 7) is 2.41. The molecule has 8 heteroatoms. The Morgan fingerprint density at radius 3 is 2.71 bits per heavy atom. The van der Waals surface area contributed by atoms with Gasteiger partial charge >= 0.3 is 5.97 Å². The third-order valence-corrected chi connectivity index (χ3v) is 5.58. The van der Waals surface area contributed by atoms with E-state index in [9.17, 15) is 9.59 Å². The number of esters is 1. The first-order valence-corrected chi connectivity index (χ1v) is 10.6. The average molecular weight is 416 g/mol. The second-order valence-electron chi connectivity index (χ2n) is 6.05. The number of aryl methyl sites for hydroxylation is 1. The number of thiophene rings is 1. The first-order chi connectivity index (χ1) is 13.6. The quantitative estimate of drug-likeness (QED) is 0.396. The standard InChI is InChI=1S/C20H21N3O3S2/c1-14-9-10-17(28-14)16-13-27-20(23-16)21-11-5-8-19(25)26-12-18(24)22-15-6-3-2-4-7-15/h2-4,6-7,9-10,13H,5,8,11-12H2,1H3,(H,21,23)(H,22,24). The molecule has 2 aromatic heterocycles. The number of anilines is 2. The SMILES string of the molecule is Cc1ccc(-c2csc(NCCCC(=O)OCC(=O)Nc3ccccc3)n2)s1. The summed E-state index contributed by atoms with van der Waals surface area (Å²) < 4.78 is 5.00. The molecule has 0 fully saturated rings. The molecule has 0 spiro atoms. The van der Waals surface area contributed by atoms with Gasteiger partial charge in [-0.25, -0.2) is 4.98 Å². The molecule has 146 valence electrons. The molecule has 0 aliphatic heterocycles. The van der Waals surface area contributed by atoms with Crippen LogP contribution in [0.1, 0.15) is 17.7 Å². The monoisotopic (exact) mass is 415 g/mol. The van der Waals surface area contributed by atoms with Crippen molar-refractivity contribution in [1.82, 2.24) is 4.98 Å². The van der Waals surface area contributed by atoms with Crippen LogP contribution in [0.4, 0.5) is 10.8 Å². The Morgan fingerprint density at radius 2 is 1.96 bits per heavy atom. The molecule has 2 N–H and O–H groups in total. The first kappa shape index (κ1) is 20.0. The van der Waals surface area contributed by atoms with Gasteiger partial charge in [-0.15, -0.1) is 22.7 Å². The fourth-order valence-corrected chi connectivity index (χ4v) is 4.05. The molecule has 0 saturated heterocycles. The lowest BCUT2D eigenvalue weighted by atomic mass is 10.3. The third kappa shape index (κ3) is 6.17. The normalized spacial score (nSPS) is 10.5. The Kier molecular flexibility index (Phi) is 7.16. The van der Waals surface area contributed by atoms with E-state index < -0.39 is 0 Å². The number of amides is 1. The smallest absolute Gasteiger partial charge is 0.306 e. The van der Waals surface area contributed by atoms with E-state index in [1.54, 1.807) is 34.8 Å². The number of benzene rings is 1. The molecule has 0 aliphatic rings. The van der Waals surface area contributed by atoms with Gasteiger partial charge in [-0.05, 0) is 37.6 Å². The van der Waals surface area contributed by atoms with Crippen LogP contribution < -0.4 is 10.6 Å². The number of para-hydroxylation sites is 1. The maximum absolute atomic E-state index is 11.8. The number of aromatic nitrogens is 1. The van der Waals surface area contributed by atoms with E-state index in [1.807, 2.05) is 23.6 Å². The zero-order chi connectivity index (χ0) is 19.8. The number of rotatable bonds is 9. The van der Waals surface area contributed by atoms with Crippen LogP contribution in [0.5, 0.6) is 0 Å². The van der Waals surface area contributed by atoms with Crippen molar-refractivity contribution in [2.45, 2.75) is 19.8 Å². The van der Waals surface area contributed by atoms with E-state index in [-0.39, 0.29) is 24.9 Å². The molecule has 0 bridgehead atoms. The van der Waals surface area contributed by atoms with Gasteiger partial charge in [-0.2, -0.15) is 0 Å². The minimum Gasteiger partial charge on any atom is -0.456 e. The van der Waals surface area contributed by atoms with Gasteiger partial charge in [0.15, 0.2) is 11.7 Å². The number of hydrogen-bond acceptors (Lipinski definition) is 7. The molecule has 1 amide bonds. The summed E-state index contributed by atoms with van der Waals surface area (Å²) in [5.74, 6) is -0.740. The topological polar surface area (TPSA) is 80.3 Å². The van der Waals surface area contributed by atoms with Gasteiger partial charge in [0, 0.05) is 28.9 Å². The lowest BCUT2D eigenvalue weighted by Gasteiger charge is -2.06. The molecule has 0 atom stereocenters. The van der Waals surface area contributed by atoms with Gasteiger partial charge in [-0.1, -0.05) is 18.2 Å². The Balaban J connectivity index is 1.31. The minimum absolute atomic E-state index is 0.244. The molecule has 1 aromatic carbocycles. The molecule has 3 rings (SSSR count). The highest BCUT2D eigenvalue weighted by Crippen LogP contribution is 2.30. The number of hydrogen-bond donors (Lipinski definition) is 2. The van der Waals surface area contributed by atoms with Gasteiger partial charge in [0.1, 0.15) is 0 Å². The number of thiazole rings is 1. The van der Waals surface area contributed by atoms with E-state index in [0.717, 1.165) is 15.7 Å². The lowest BCUT2D eigenvalue weighted by Crippen LogP contribution is -2.21. The Morgan fingerprint density at radius 1 is 1.14 bits per heavy atom. The molecular weight excluding hydrogens is 394 g/mol. The Labute approximate surface area is 171 Å². The highest BCUT2D eigenvalue weighted by molar-refractivity contribution is 7.16. The van der Waals surface area contributed by atoms with Crippen molar-refractivity contribution in [3.8, 4) is 10.6 Å². The highest BCUT2D eigenvalue weighted by Gasteiger charge is 2.09. The van der Waals surface area contributed by atoms with E-state index in [4.69, 9.17) is 4.74 Å². The predicted octanol–water partition coefficient (Wildman–Crippen LogP) is 4.55. The van der Waals surface area contributed by atoms with Gasteiger partial charge in [0.25, 0.3) is 5.91 Å². The maximum atomic E-state index is 11.8. The highest BCUT2D eigenvalue weighted by atomic mass is 32.1. The lowest BCUT2D eigenvalue weighted by molar-refractivity contribution is -0.147. The zero-order valence-corrected chi connectivity index (χ0v) is 17.1. The number of ether oxygens (including phenoxy) is 1. The minimum atomic E-state index is -0.390. The molecule has 2 heterocycles. The van der Waals surface area contributed by atoms with Crippen molar-refractivity contribution in [1.29, 1.82) is 0 Å². The molecule has 0 unspecified atom stereocenters. The number of nitrogens with one attached hydrogen (secondary N) is 2. The van der Waals surface area contributed by atoms with Crippen molar-refractivity contribution in [3.05, 3.63) is 52.7 Å². The zero-order valence-electron chi connectivity index (χ0n) is 15.4. The Hall–Kier alpha value is -2.71. The van der Waals surface area contributed by atoms with E-state index >= 15 is 0 Å². The third-order valence-electron chi connectivity index (χ3n) is 3.75. The van der Waals surface area contributed by atoms with Crippen molar-refractivity contribution >= 4 is 45.4 Å². The van der Waals surface area contributed by atoms with E-state index in [2.05, 4.69) is 34.7 Å². The summed E-state index contributed by atoms with van der Waals surface area (Å²) in [4.78, 5) is 30.5. The average Bonchev–Trinajstić information content (AvgIpc) is 3.33. The van der Waals surface area contributed by atoms with Crippen LogP contribution in [0.2, 0.25) is 0 Å². The molecule has 6 nitrogen and oxygen atoms in total. The van der Waals surface area contributed by atoms with Crippen molar-refractivity contribution in [2.75, 3.05) is 23.8 Å². The maximum Gasteiger partial charge on any atom is 0.306 e. The predicted molar refractivity (Wildman–Crippen MR) is 114 cm³/mol. The molecule has 28 heavy (non-hydrogen) atoms. The second-order valence-corrected chi connectivity index (χ2v) is 8.20. The molecular formula is C20H21N3O3S2. The fourth-order valence-electron chi connectivity index (χ4n) is 2.41. The van der Waals surface area contributed by atoms with Crippen LogP contribution in [0.15, 0.2) is 47.8 Å². The van der Waals surface area contributed by atoms with Gasteiger partial charge in [0.05, 0.1) is 10.6 Å².